The van der Waals surface area contributed by atoms with E-state index in [1.54, 1.807) is 0 Å². The van der Waals surface area contributed by atoms with Gasteiger partial charge in [0.1, 0.15) is 5.82 Å². The second-order valence-electron chi connectivity index (χ2n) is 6.54. The normalized spacial score (nSPS) is 26.8. The van der Waals surface area contributed by atoms with E-state index in [1.165, 1.54) is 0 Å². The monoisotopic (exact) mass is 291 g/mol. The van der Waals surface area contributed by atoms with Crippen molar-refractivity contribution >= 4 is 5.91 Å². The highest BCUT2D eigenvalue weighted by atomic mass is 16.5. The average molecular weight is 291 g/mol. The molecule has 2 aliphatic heterocycles. The molecule has 5 heteroatoms. The molecule has 0 aliphatic carbocycles. The van der Waals surface area contributed by atoms with Crippen LogP contribution in [0, 0.1) is 0 Å². The molecule has 2 fully saturated rings. The number of rotatable bonds is 3. The molecule has 0 saturated carbocycles. The third kappa shape index (κ3) is 2.98. The van der Waals surface area contributed by atoms with Crippen molar-refractivity contribution in [3.05, 3.63) is 18.2 Å². The lowest BCUT2D eigenvalue weighted by Gasteiger charge is -2.26. The molecule has 116 valence electrons. The minimum atomic E-state index is -0.0299. The van der Waals surface area contributed by atoms with Gasteiger partial charge in [-0.15, -0.1) is 0 Å². The standard InChI is InChI=1S/C16H25N3O2/c1-13(2)19-10-8-17-14(19)12-18-9-7-16(5-3-11-21-16)6-4-15(18)20/h8,10,13H,3-7,9,11-12H2,1-2H3/t16-/m1/s1. The number of ether oxygens (including phenoxy) is 1. The Bertz CT molecular complexity index is 503. The maximum absolute atomic E-state index is 12.4. The number of nitrogens with zero attached hydrogens (tertiary/aromatic N) is 3. The van der Waals surface area contributed by atoms with Gasteiger partial charge in [-0.2, -0.15) is 0 Å². The lowest BCUT2D eigenvalue weighted by atomic mass is 9.92. The molecule has 0 N–H and O–H groups in total. The minimum absolute atomic E-state index is 0.0299. The van der Waals surface area contributed by atoms with Gasteiger partial charge in [-0.3, -0.25) is 4.79 Å². The Kier molecular flexibility index (Phi) is 4.02. The molecule has 0 bridgehead atoms. The van der Waals surface area contributed by atoms with Gasteiger partial charge in [0.2, 0.25) is 5.91 Å². The molecule has 1 spiro atoms. The summed E-state index contributed by atoms with van der Waals surface area (Å²) in [7, 11) is 0. The van der Waals surface area contributed by atoms with Gasteiger partial charge in [0.05, 0.1) is 12.1 Å². The average Bonchev–Trinajstić information content (AvgIpc) is 3.07. The van der Waals surface area contributed by atoms with E-state index in [2.05, 4.69) is 23.4 Å². The Balaban J connectivity index is 1.70. The quantitative estimate of drug-likeness (QED) is 0.859. The van der Waals surface area contributed by atoms with Crippen LogP contribution in [-0.2, 0) is 16.1 Å². The molecule has 1 atom stereocenters. The van der Waals surface area contributed by atoms with Crippen LogP contribution in [-0.4, -0.2) is 39.1 Å². The summed E-state index contributed by atoms with van der Waals surface area (Å²) in [5.41, 5.74) is -0.0299. The highest BCUT2D eigenvalue weighted by Crippen LogP contribution is 2.36. The first-order valence-corrected chi connectivity index (χ1v) is 8.03. The van der Waals surface area contributed by atoms with Crippen LogP contribution >= 0.6 is 0 Å². The molecule has 3 rings (SSSR count). The van der Waals surface area contributed by atoms with Crippen LogP contribution in [0.4, 0.5) is 0 Å². The number of amides is 1. The predicted octanol–water partition coefficient (Wildman–Crippen LogP) is 2.53. The second kappa shape index (κ2) is 5.79. The molecule has 1 aromatic heterocycles. The summed E-state index contributed by atoms with van der Waals surface area (Å²) in [6, 6.07) is 0.370. The van der Waals surface area contributed by atoms with Gasteiger partial charge in [-0.05, 0) is 39.5 Å². The van der Waals surface area contributed by atoms with E-state index < -0.39 is 0 Å². The van der Waals surface area contributed by atoms with Gasteiger partial charge in [0, 0.05) is 38.0 Å². The molecule has 1 aromatic rings. The summed E-state index contributed by atoms with van der Waals surface area (Å²) in [5.74, 6) is 1.21. The second-order valence-corrected chi connectivity index (χ2v) is 6.54. The molecule has 3 heterocycles. The maximum Gasteiger partial charge on any atom is 0.223 e. The number of hydrogen-bond acceptors (Lipinski definition) is 3. The zero-order valence-electron chi connectivity index (χ0n) is 13.0. The fourth-order valence-electron chi connectivity index (χ4n) is 3.51. The molecule has 0 unspecified atom stereocenters. The van der Waals surface area contributed by atoms with E-state index in [9.17, 15) is 4.79 Å². The van der Waals surface area contributed by atoms with Gasteiger partial charge >= 0.3 is 0 Å². The Morgan fingerprint density at radius 2 is 2.24 bits per heavy atom. The highest BCUT2D eigenvalue weighted by Gasteiger charge is 2.38. The van der Waals surface area contributed by atoms with E-state index in [1.807, 2.05) is 17.3 Å². The first-order chi connectivity index (χ1) is 10.1. The maximum atomic E-state index is 12.4. The summed E-state index contributed by atoms with van der Waals surface area (Å²) in [4.78, 5) is 18.8. The first-order valence-electron chi connectivity index (χ1n) is 8.03. The number of imidazole rings is 1. The van der Waals surface area contributed by atoms with Gasteiger partial charge < -0.3 is 14.2 Å². The highest BCUT2D eigenvalue weighted by molar-refractivity contribution is 5.76. The van der Waals surface area contributed by atoms with Crippen molar-refractivity contribution in [1.29, 1.82) is 0 Å². The summed E-state index contributed by atoms with van der Waals surface area (Å²) in [5, 5.41) is 0. The van der Waals surface area contributed by atoms with Crippen molar-refractivity contribution in [3.63, 3.8) is 0 Å². The number of aromatic nitrogens is 2. The van der Waals surface area contributed by atoms with Crippen LogP contribution in [0.5, 0.6) is 0 Å². The van der Waals surface area contributed by atoms with Crippen LogP contribution in [0.3, 0.4) is 0 Å². The number of carbonyl (C=O) groups excluding carboxylic acids is 1. The SMILES string of the molecule is CC(C)n1ccnc1CN1CC[C@@]2(CCCO2)CCC1=O. The first kappa shape index (κ1) is 14.6. The molecule has 0 aromatic carbocycles. The largest absolute Gasteiger partial charge is 0.375 e. The van der Waals surface area contributed by atoms with Crippen molar-refractivity contribution in [2.75, 3.05) is 13.2 Å². The van der Waals surface area contributed by atoms with Gasteiger partial charge in [0.25, 0.3) is 0 Å². The summed E-state index contributed by atoms with van der Waals surface area (Å²) < 4.78 is 8.09. The lowest BCUT2D eigenvalue weighted by molar-refractivity contribution is -0.131. The molecule has 5 nitrogen and oxygen atoms in total. The summed E-state index contributed by atoms with van der Waals surface area (Å²) in [6.07, 6.45) is 8.48. The van der Waals surface area contributed by atoms with Crippen LogP contribution in [0.15, 0.2) is 12.4 Å². The van der Waals surface area contributed by atoms with Crippen LogP contribution in [0.25, 0.3) is 0 Å². The third-order valence-corrected chi connectivity index (χ3v) is 4.81. The molecular weight excluding hydrogens is 266 g/mol. The Hall–Kier alpha value is -1.36. The van der Waals surface area contributed by atoms with Gasteiger partial charge in [0.15, 0.2) is 0 Å². The van der Waals surface area contributed by atoms with Crippen molar-refractivity contribution < 1.29 is 9.53 Å². The zero-order chi connectivity index (χ0) is 14.9. The molecule has 2 aliphatic rings. The van der Waals surface area contributed by atoms with Crippen molar-refractivity contribution in [3.8, 4) is 0 Å². The van der Waals surface area contributed by atoms with Crippen LogP contribution in [0.2, 0.25) is 0 Å². The lowest BCUT2D eigenvalue weighted by Crippen LogP contribution is -2.33. The van der Waals surface area contributed by atoms with E-state index in [4.69, 9.17) is 4.74 Å². The molecule has 0 radical (unpaired) electrons. The molecule has 2 saturated heterocycles. The molecule has 1 amide bonds. The number of likely N-dealkylation sites (tertiary alicyclic amines) is 1. The zero-order valence-corrected chi connectivity index (χ0v) is 13.0. The van der Waals surface area contributed by atoms with E-state index >= 15 is 0 Å². The topological polar surface area (TPSA) is 47.4 Å². The van der Waals surface area contributed by atoms with Crippen molar-refractivity contribution in [2.45, 2.75) is 64.1 Å². The number of hydrogen-bond donors (Lipinski definition) is 0. The molecular formula is C16H25N3O2. The van der Waals surface area contributed by atoms with Gasteiger partial charge in [-0.1, -0.05) is 0 Å². The summed E-state index contributed by atoms with van der Waals surface area (Å²) in [6.45, 7) is 6.52. The fraction of sp³-hybridized carbons (Fsp3) is 0.750. The van der Waals surface area contributed by atoms with Crippen molar-refractivity contribution in [1.82, 2.24) is 14.5 Å². The Labute approximate surface area is 126 Å². The van der Waals surface area contributed by atoms with Gasteiger partial charge in [-0.25, -0.2) is 4.98 Å². The molecule has 21 heavy (non-hydrogen) atoms. The van der Waals surface area contributed by atoms with E-state index in [-0.39, 0.29) is 11.5 Å². The van der Waals surface area contributed by atoms with E-state index in [0.29, 0.717) is 19.0 Å². The fourth-order valence-corrected chi connectivity index (χ4v) is 3.51. The van der Waals surface area contributed by atoms with Crippen LogP contribution < -0.4 is 0 Å². The third-order valence-electron chi connectivity index (χ3n) is 4.81. The minimum Gasteiger partial charge on any atom is -0.375 e. The van der Waals surface area contributed by atoms with E-state index in [0.717, 1.165) is 44.7 Å². The van der Waals surface area contributed by atoms with Crippen molar-refractivity contribution in [2.24, 2.45) is 0 Å². The summed E-state index contributed by atoms with van der Waals surface area (Å²) >= 11 is 0. The predicted molar refractivity (Wildman–Crippen MR) is 79.8 cm³/mol. The smallest absolute Gasteiger partial charge is 0.223 e. The Morgan fingerprint density at radius 3 is 2.95 bits per heavy atom. The number of carbonyl (C=O) groups is 1. The van der Waals surface area contributed by atoms with Crippen LogP contribution in [0.1, 0.15) is 57.8 Å². The Morgan fingerprint density at radius 1 is 1.38 bits per heavy atom.